The number of ether oxygens (including phenoxy) is 2. The molecule has 0 aliphatic rings. The molecule has 214 valence electrons. The lowest BCUT2D eigenvalue weighted by molar-refractivity contribution is -0.142. The van der Waals surface area contributed by atoms with Gasteiger partial charge in [0.15, 0.2) is 6.61 Å². The number of halogens is 1. The minimum atomic E-state index is -3.91. The molecule has 0 aliphatic carbocycles. The van der Waals surface area contributed by atoms with Crippen LogP contribution in [-0.4, -0.2) is 51.4 Å². The van der Waals surface area contributed by atoms with E-state index in [0.717, 1.165) is 30.5 Å². The molecule has 40 heavy (non-hydrogen) atoms. The number of unbranched alkanes of at least 4 members (excludes halogenated alkanes) is 1. The van der Waals surface area contributed by atoms with E-state index >= 15 is 0 Å². The van der Waals surface area contributed by atoms with Gasteiger partial charge in [0.25, 0.3) is 15.9 Å². The number of hydrogen-bond acceptors (Lipinski definition) is 6. The fourth-order valence-corrected chi connectivity index (χ4v) is 4.78. The normalized spacial score (nSPS) is 11.8. The Balaban J connectivity index is 1.67. The molecule has 3 aromatic rings. The third-order valence-corrected chi connectivity index (χ3v) is 7.50. The summed E-state index contributed by atoms with van der Waals surface area (Å²) in [7, 11) is -2.35. The van der Waals surface area contributed by atoms with Crippen LogP contribution in [0.15, 0.2) is 77.7 Å². The van der Waals surface area contributed by atoms with Crippen LogP contribution in [0.2, 0.25) is 0 Å². The summed E-state index contributed by atoms with van der Waals surface area (Å²) in [5, 5.41) is 2.86. The minimum Gasteiger partial charge on any atom is -0.497 e. The van der Waals surface area contributed by atoms with E-state index in [1.807, 2.05) is 19.1 Å². The number of rotatable bonds is 14. The zero-order valence-electron chi connectivity index (χ0n) is 22.7. The van der Waals surface area contributed by atoms with Crippen molar-refractivity contribution in [2.75, 3.05) is 25.0 Å². The number of carbonyl (C=O) groups excluding carboxylic acids is 2. The third-order valence-electron chi connectivity index (χ3n) is 6.10. The van der Waals surface area contributed by atoms with Gasteiger partial charge in [0.05, 0.1) is 12.0 Å². The molecule has 0 radical (unpaired) electrons. The lowest BCUT2D eigenvalue weighted by atomic mass is 10.1. The monoisotopic (exact) mass is 571 g/mol. The first kappa shape index (κ1) is 30.4. The smallest absolute Gasteiger partial charge is 0.261 e. The number of hydrogen-bond donors (Lipinski definition) is 2. The van der Waals surface area contributed by atoms with Crippen LogP contribution < -0.4 is 19.5 Å². The van der Waals surface area contributed by atoms with Crippen molar-refractivity contribution in [3.8, 4) is 11.5 Å². The van der Waals surface area contributed by atoms with E-state index in [0.29, 0.717) is 12.3 Å². The lowest BCUT2D eigenvalue weighted by Gasteiger charge is -2.28. The molecule has 0 fully saturated rings. The second-order valence-electron chi connectivity index (χ2n) is 9.06. The van der Waals surface area contributed by atoms with Gasteiger partial charge in [-0.15, -0.1) is 0 Å². The number of methoxy groups -OCH3 is 1. The first-order valence-electron chi connectivity index (χ1n) is 12.8. The van der Waals surface area contributed by atoms with E-state index in [4.69, 9.17) is 9.47 Å². The summed E-state index contributed by atoms with van der Waals surface area (Å²) in [6.07, 6.45) is 1.76. The predicted molar refractivity (Wildman–Crippen MR) is 150 cm³/mol. The van der Waals surface area contributed by atoms with Crippen molar-refractivity contribution in [2.24, 2.45) is 0 Å². The van der Waals surface area contributed by atoms with Crippen molar-refractivity contribution in [3.63, 3.8) is 0 Å². The maximum Gasteiger partial charge on any atom is 0.261 e. The molecule has 3 rings (SSSR count). The molecule has 0 saturated heterocycles. The fraction of sp³-hybridized carbons (Fsp3) is 0.310. The highest BCUT2D eigenvalue weighted by molar-refractivity contribution is 7.92. The third kappa shape index (κ3) is 8.70. The number of benzene rings is 3. The van der Waals surface area contributed by atoms with Crippen LogP contribution in [0.25, 0.3) is 0 Å². The van der Waals surface area contributed by atoms with Crippen molar-refractivity contribution in [3.05, 3.63) is 84.2 Å². The number of sulfonamides is 1. The van der Waals surface area contributed by atoms with E-state index in [-0.39, 0.29) is 35.4 Å². The Kier molecular flexibility index (Phi) is 10.9. The van der Waals surface area contributed by atoms with Gasteiger partial charge in [0.2, 0.25) is 5.91 Å². The van der Waals surface area contributed by atoms with E-state index in [1.54, 1.807) is 26.2 Å². The summed E-state index contributed by atoms with van der Waals surface area (Å²) in [5.41, 5.74) is 1.03. The summed E-state index contributed by atoms with van der Waals surface area (Å²) in [4.78, 5) is 27.4. The van der Waals surface area contributed by atoms with Gasteiger partial charge in [0, 0.05) is 18.8 Å². The van der Waals surface area contributed by atoms with Crippen LogP contribution in [-0.2, 0) is 26.2 Å². The lowest BCUT2D eigenvalue weighted by Crippen LogP contribution is -2.49. The highest BCUT2D eigenvalue weighted by Gasteiger charge is 2.26. The number of carbonyl (C=O) groups is 2. The van der Waals surface area contributed by atoms with Crippen molar-refractivity contribution in [1.29, 1.82) is 0 Å². The second-order valence-corrected chi connectivity index (χ2v) is 10.7. The van der Waals surface area contributed by atoms with Crippen LogP contribution in [0, 0.1) is 5.82 Å². The SMILES string of the molecule is CCCCNC(=O)C(C)N(Cc1ccc(OC)cc1)C(=O)COc1ccc(S(=O)(=O)Nc2ccc(F)cc2)cc1. The Labute approximate surface area is 234 Å². The summed E-state index contributed by atoms with van der Waals surface area (Å²) in [5.74, 6) is -0.206. The van der Waals surface area contributed by atoms with Gasteiger partial charge in [-0.3, -0.25) is 14.3 Å². The highest BCUT2D eigenvalue weighted by atomic mass is 32.2. The number of nitrogens with one attached hydrogen (secondary N) is 2. The summed E-state index contributed by atoms with van der Waals surface area (Å²) >= 11 is 0. The summed E-state index contributed by atoms with van der Waals surface area (Å²) in [6, 6.07) is 16.9. The first-order chi connectivity index (χ1) is 19.1. The van der Waals surface area contributed by atoms with Crippen LogP contribution >= 0.6 is 0 Å². The average molecular weight is 572 g/mol. The first-order valence-corrected chi connectivity index (χ1v) is 14.3. The molecule has 2 amide bonds. The molecule has 3 aromatic carbocycles. The number of amides is 2. The van der Waals surface area contributed by atoms with E-state index in [1.165, 1.54) is 41.3 Å². The Hall–Kier alpha value is -4.12. The zero-order chi connectivity index (χ0) is 29.1. The molecule has 11 heteroatoms. The van der Waals surface area contributed by atoms with Gasteiger partial charge < -0.3 is 19.7 Å². The molecular formula is C29H34FN3O6S. The van der Waals surface area contributed by atoms with Crippen molar-refractivity contribution >= 4 is 27.5 Å². The summed E-state index contributed by atoms with van der Waals surface area (Å²) < 4.78 is 51.6. The Morgan fingerprint density at radius 2 is 1.57 bits per heavy atom. The van der Waals surface area contributed by atoms with E-state index in [9.17, 15) is 22.4 Å². The van der Waals surface area contributed by atoms with Crippen LogP contribution in [0.1, 0.15) is 32.3 Å². The maximum atomic E-state index is 13.2. The fourth-order valence-electron chi connectivity index (χ4n) is 3.72. The Bertz CT molecular complexity index is 1360. The average Bonchev–Trinajstić information content (AvgIpc) is 2.96. The van der Waals surface area contributed by atoms with Gasteiger partial charge in [-0.05, 0) is 79.6 Å². The molecule has 9 nitrogen and oxygen atoms in total. The number of anilines is 1. The molecule has 0 spiro atoms. The molecule has 2 N–H and O–H groups in total. The van der Waals surface area contributed by atoms with E-state index < -0.39 is 27.8 Å². The van der Waals surface area contributed by atoms with Gasteiger partial charge in [-0.25, -0.2) is 12.8 Å². The second kappa shape index (κ2) is 14.3. The number of nitrogens with zero attached hydrogens (tertiary/aromatic N) is 1. The highest BCUT2D eigenvalue weighted by Crippen LogP contribution is 2.20. The minimum absolute atomic E-state index is 0.0333. The van der Waals surface area contributed by atoms with Gasteiger partial charge >= 0.3 is 0 Å². The standard InChI is InChI=1S/C29H34FN3O6S/c1-4-5-18-31-29(35)21(2)33(19-22-6-12-25(38-3)13-7-22)28(34)20-39-26-14-16-27(17-15-26)40(36,37)32-24-10-8-23(30)9-11-24/h6-17,21,32H,4-5,18-20H2,1-3H3,(H,31,35). The molecular weight excluding hydrogens is 537 g/mol. The summed E-state index contributed by atoms with van der Waals surface area (Å²) in [6.45, 7) is 4.03. The zero-order valence-corrected chi connectivity index (χ0v) is 23.5. The molecule has 0 saturated carbocycles. The van der Waals surface area contributed by atoms with Gasteiger partial charge in [0.1, 0.15) is 23.4 Å². The van der Waals surface area contributed by atoms with Gasteiger partial charge in [-0.2, -0.15) is 0 Å². The van der Waals surface area contributed by atoms with Crippen LogP contribution in [0.4, 0.5) is 10.1 Å². The van der Waals surface area contributed by atoms with Crippen LogP contribution in [0.5, 0.6) is 11.5 Å². The molecule has 0 bridgehead atoms. The van der Waals surface area contributed by atoms with Crippen LogP contribution in [0.3, 0.4) is 0 Å². The predicted octanol–water partition coefficient (Wildman–Crippen LogP) is 4.35. The molecule has 0 heterocycles. The maximum absolute atomic E-state index is 13.2. The van der Waals surface area contributed by atoms with Gasteiger partial charge in [-0.1, -0.05) is 25.5 Å². The quantitative estimate of drug-likeness (QED) is 0.278. The topological polar surface area (TPSA) is 114 Å². The molecule has 0 aliphatic heterocycles. The van der Waals surface area contributed by atoms with E-state index in [2.05, 4.69) is 10.0 Å². The molecule has 1 atom stereocenters. The van der Waals surface area contributed by atoms with Crippen molar-refractivity contribution in [1.82, 2.24) is 10.2 Å². The Morgan fingerprint density at radius 1 is 0.950 bits per heavy atom. The van der Waals surface area contributed by atoms with Crippen molar-refractivity contribution in [2.45, 2.75) is 44.2 Å². The largest absolute Gasteiger partial charge is 0.497 e. The Morgan fingerprint density at radius 3 is 2.17 bits per heavy atom. The molecule has 0 aromatic heterocycles. The van der Waals surface area contributed by atoms with Crippen molar-refractivity contribution < 1.29 is 31.9 Å². The molecule has 1 unspecified atom stereocenters.